The zero-order valence-corrected chi connectivity index (χ0v) is 12.5. The first kappa shape index (κ1) is 17.2. The summed E-state index contributed by atoms with van der Waals surface area (Å²) in [4.78, 5) is 11.6. The van der Waals surface area contributed by atoms with Gasteiger partial charge in [0.15, 0.2) is 0 Å². The predicted molar refractivity (Wildman–Crippen MR) is 74.1 cm³/mol. The van der Waals surface area contributed by atoms with Crippen LogP contribution >= 0.6 is 23.4 Å². The first-order valence-electron chi connectivity index (χ1n) is 5.79. The van der Waals surface area contributed by atoms with E-state index < -0.39 is 16.2 Å². The van der Waals surface area contributed by atoms with Gasteiger partial charge in [0, 0.05) is 9.77 Å². The Hall–Kier alpha value is -0.880. The largest absolute Gasteiger partial charge is 0.462 e. The molecule has 1 rings (SSSR count). The lowest BCUT2D eigenvalue weighted by molar-refractivity contribution is -0.0342. The zero-order chi connectivity index (χ0) is 15.4. The molecule has 0 aliphatic heterocycles. The summed E-state index contributed by atoms with van der Waals surface area (Å²) >= 11 is 5.58. The summed E-state index contributed by atoms with van der Waals surface area (Å²) < 4.78 is 40.8. The maximum atomic E-state index is 12.3. The van der Waals surface area contributed by atoms with Crippen molar-refractivity contribution in [2.45, 2.75) is 30.5 Å². The van der Waals surface area contributed by atoms with Crippen LogP contribution < -0.4 is 0 Å². The zero-order valence-electron chi connectivity index (χ0n) is 11.0. The molecule has 7 heteroatoms. The predicted octanol–water partition coefficient (Wildman–Crippen LogP) is 4.92. The van der Waals surface area contributed by atoms with Crippen molar-refractivity contribution in [2.75, 3.05) is 6.61 Å². The van der Waals surface area contributed by atoms with Crippen molar-refractivity contribution in [3.63, 3.8) is 0 Å². The van der Waals surface area contributed by atoms with E-state index in [-0.39, 0.29) is 24.8 Å². The van der Waals surface area contributed by atoms with Crippen molar-refractivity contribution in [1.29, 1.82) is 0 Å². The second-order valence-electron chi connectivity index (χ2n) is 4.70. The van der Waals surface area contributed by atoms with Crippen LogP contribution in [0.5, 0.6) is 0 Å². The van der Waals surface area contributed by atoms with E-state index in [0.717, 1.165) is 0 Å². The minimum Gasteiger partial charge on any atom is -0.462 e. The van der Waals surface area contributed by atoms with E-state index in [2.05, 4.69) is 0 Å². The van der Waals surface area contributed by atoms with Crippen molar-refractivity contribution < 1.29 is 22.7 Å². The van der Waals surface area contributed by atoms with Gasteiger partial charge in [-0.15, -0.1) is 0 Å². The van der Waals surface area contributed by atoms with E-state index >= 15 is 0 Å². The van der Waals surface area contributed by atoms with Gasteiger partial charge in [0.1, 0.15) is 0 Å². The molecule has 0 aliphatic rings. The highest BCUT2D eigenvalue weighted by molar-refractivity contribution is 8.01. The smallest absolute Gasteiger partial charge is 0.442 e. The molecule has 0 atom stereocenters. The minimum absolute atomic E-state index is 0.0719. The maximum absolute atomic E-state index is 12.3. The molecule has 0 saturated heterocycles. The van der Waals surface area contributed by atoms with Gasteiger partial charge in [-0.2, -0.15) is 13.2 Å². The summed E-state index contributed by atoms with van der Waals surface area (Å²) in [6, 6.07) is 6.09. The number of thioether (sulfide) groups is 1. The van der Waals surface area contributed by atoms with E-state index in [1.54, 1.807) is 12.1 Å². The van der Waals surface area contributed by atoms with E-state index in [4.69, 9.17) is 16.3 Å². The first-order chi connectivity index (χ1) is 9.09. The van der Waals surface area contributed by atoms with Crippen molar-refractivity contribution in [3.05, 3.63) is 34.9 Å². The monoisotopic (exact) mass is 326 g/mol. The van der Waals surface area contributed by atoms with Gasteiger partial charge in [-0.1, -0.05) is 25.4 Å². The molecule has 0 bridgehead atoms. The molecule has 0 spiro atoms. The number of carbonyl (C=O) groups is 1. The topological polar surface area (TPSA) is 26.3 Å². The van der Waals surface area contributed by atoms with Gasteiger partial charge in [-0.25, -0.2) is 4.79 Å². The molecular weight excluding hydrogens is 313 g/mol. The van der Waals surface area contributed by atoms with Crippen LogP contribution in [0.1, 0.15) is 30.6 Å². The van der Waals surface area contributed by atoms with Crippen molar-refractivity contribution in [1.82, 2.24) is 0 Å². The highest BCUT2D eigenvalue weighted by Crippen LogP contribution is 2.41. The van der Waals surface area contributed by atoms with Crippen LogP contribution in [0.4, 0.5) is 13.2 Å². The minimum atomic E-state index is -4.30. The van der Waals surface area contributed by atoms with Gasteiger partial charge in [-0.3, -0.25) is 0 Å². The number of hydrogen-bond acceptors (Lipinski definition) is 3. The van der Waals surface area contributed by atoms with Gasteiger partial charge in [0.05, 0.1) is 12.2 Å². The van der Waals surface area contributed by atoms with Crippen LogP contribution in [0, 0.1) is 0 Å². The number of hydrogen-bond donors (Lipinski definition) is 0. The third-order valence-corrected chi connectivity index (χ3v) is 3.65. The van der Waals surface area contributed by atoms with Crippen LogP contribution in [0.3, 0.4) is 0 Å². The normalized spacial score (nSPS) is 12.3. The Kier molecular flexibility index (Phi) is 5.77. The molecule has 0 heterocycles. The highest BCUT2D eigenvalue weighted by atomic mass is 35.5. The number of esters is 1. The fourth-order valence-corrected chi connectivity index (χ4v) is 2.36. The maximum Gasteiger partial charge on any atom is 0.442 e. The van der Waals surface area contributed by atoms with Gasteiger partial charge in [0.25, 0.3) is 0 Å². The highest BCUT2D eigenvalue weighted by Gasteiger charge is 2.37. The Labute approximate surface area is 124 Å². The Morgan fingerprint density at radius 1 is 1.25 bits per heavy atom. The number of rotatable bonds is 5. The number of ether oxygens (including phenoxy) is 1. The molecule has 0 aliphatic carbocycles. The van der Waals surface area contributed by atoms with Crippen molar-refractivity contribution >= 4 is 29.3 Å². The Morgan fingerprint density at radius 3 is 2.30 bits per heavy atom. The molecule has 0 unspecified atom stereocenters. The molecule has 0 fully saturated rings. The van der Waals surface area contributed by atoms with Crippen LogP contribution in [-0.4, -0.2) is 22.8 Å². The van der Waals surface area contributed by atoms with Crippen molar-refractivity contribution in [3.8, 4) is 0 Å². The lowest BCUT2D eigenvalue weighted by Gasteiger charge is -2.24. The Balaban J connectivity index is 2.44. The number of alkyl halides is 3. The third-order valence-electron chi connectivity index (χ3n) is 2.41. The van der Waals surface area contributed by atoms with Gasteiger partial charge < -0.3 is 4.74 Å². The molecule has 0 radical (unpaired) electrons. The SMILES string of the molecule is CC(C)(CCOC(=O)c1ccc(Cl)cc1)SC(F)(F)F. The van der Waals surface area contributed by atoms with Crippen LogP contribution in [0.15, 0.2) is 24.3 Å². The Bertz CT molecular complexity index is 458. The Morgan fingerprint density at radius 2 is 1.80 bits per heavy atom. The average molecular weight is 327 g/mol. The molecule has 20 heavy (non-hydrogen) atoms. The molecule has 0 aromatic heterocycles. The van der Waals surface area contributed by atoms with Gasteiger partial charge >= 0.3 is 11.5 Å². The summed E-state index contributed by atoms with van der Waals surface area (Å²) in [7, 11) is 0. The van der Waals surface area contributed by atoms with Gasteiger partial charge in [-0.05, 0) is 42.4 Å². The van der Waals surface area contributed by atoms with Crippen LogP contribution in [0.25, 0.3) is 0 Å². The molecule has 0 saturated carbocycles. The molecular formula is C13H14ClF3O2S. The molecule has 1 aromatic carbocycles. The van der Waals surface area contributed by atoms with E-state index in [0.29, 0.717) is 10.6 Å². The van der Waals surface area contributed by atoms with E-state index in [1.165, 1.54) is 26.0 Å². The van der Waals surface area contributed by atoms with E-state index in [9.17, 15) is 18.0 Å². The van der Waals surface area contributed by atoms with Crippen molar-refractivity contribution in [2.24, 2.45) is 0 Å². The first-order valence-corrected chi connectivity index (χ1v) is 6.98. The van der Waals surface area contributed by atoms with E-state index in [1.807, 2.05) is 0 Å². The second-order valence-corrected chi connectivity index (χ2v) is 6.91. The van der Waals surface area contributed by atoms with Gasteiger partial charge in [0.2, 0.25) is 0 Å². The van der Waals surface area contributed by atoms with Crippen LogP contribution in [0.2, 0.25) is 5.02 Å². The second kappa shape index (κ2) is 6.72. The molecule has 0 N–H and O–H groups in total. The summed E-state index contributed by atoms with van der Waals surface area (Å²) in [5, 5.41) is 0.490. The summed E-state index contributed by atoms with van der Waals surface area (Å²) in [5.74, 6) is -0.575. The summed E-state index contributed by atoms with van der Waals surface area (Å²) in [6.45, 7) is 2.85. The third kappa shape index (κ3) is 6.52. The summed E-state index contributed by atoms with van der Waals surface area (Å²) in [5.41, 5.74) is -3.99. The molecule has 112 valence electrons. The summed E-state index contributed by atoms with van der Waals surface area (Å²) in [6.07, 6.45) is 0.108. The quantitative estimate of drug-likeness (QED) is 0.718. The fourth-order valence-electron chi connectivity index (χ4n) is 1.42. The molecule has 0 amide bonds. The molecule has 1 aromatic rings. The number of carbonyl (C=O) groups excluding carboxylic acids is 1. The number of benzene rings is 1. The molecule has 2 nitrogen and oxygen atoms in total. The lowest BCUT2D eigenvalue weighted by Crippen LogP contribution is -2.23. The average Bonchev–Trinajstić information content (AvgIpc) is 2.26. The lowest BCUT2D eigenvalue weighted by atomic mass is 10.1. The fraction of sp³-hybridized carbons (Fsp3) is 0.462. The number of halogens is 4. The standard InChI is InChI=1S/C13H14ClF3O2S/c1-12(2,20-13(15,16)17)7-8-19-11(18)9-3-5-10(14)6-4-9/h3-6H,7-8H2,1-2H3. The van der Waals surface area contributed by atoms with Crippen LogP contribution in [-0.2, 0) is 4.74 Å².